The highest BCUT2D eigenvalue weighted by molar-refractivity contribution is 9.10. The van der Waals surface area contributed by atoms with Gasteiger partial charge in [0.05, 0.1) is 44.6 Å². The number of hydrogen-bond donors (Lipinski definition) is 1. The number of ether oxygens (including phenoxy) is 3. The third-order valence-corrected chi connectivity index (χ3v) is 5.59. The molecule has 34 heavy (non-hydrogen) atoms. The Kier molecular flexibility index (Phi) is 8.37. The predicted molar refractivity (Wildman–Crippen MR) is 129 cm³/mol. The molecule has 186 valence electrons. The molecule has 2 heterocycles. The number of anilines is 1. The minimum absolute atomic E-state index is 0.131. The predicted octanol–water partition coefficient (Wildman–Crippen LogP) is 3.02. The van der Waals surface area contributed by atoms with Crippen LogP contribution in [0.3, 0.4) is 0 Å². The van der Waals surface area contributed by atoms with Crippen molar-refractivity contribution >= 4 is 27.7 Å². The number of carbonyl (C=O) groups excluding carboxylic acids is 1. The van der Waals surface area contributed by atoms with Gasteiger partial charge in [-0.05, 0) is 48.3 Å². The number of benzene rings is 1. The summed E-state index contributed by atoms with van der Waals surface area (Å²) in [6, 6.07) is 3.64. The van der Waals surface area contributed by atoms with Crippen LogP contribution >= 0.6 is 15.9 Å². The van der Waals surface area contributed by atoms with Crippen LogP contribution in [0.1, 0.15) is 20.8 Å². The lowest BCUT2D eigenvalue weighted by molar-refractivity contribution is 0.0532. The quantitative estimate of drug-likeness (QED) is 0.575. The van der Waals surface area contributed by atoms with E-state index in [1.807, 2.05) is 6.07 Å². The Hall–Kier alpha value is -2.86. The van der Waals surface area contributed by atoms with Crippen molar-refractivity contribution in [2.75, 3.05) is 44.9 Å². The summed E-state index contributed by atoms with van der Waals surface area (Å²) in [5.74, 6) is 0.485. The van der Waals surface area contributed by atoms with Gasteiger partial charge >= 0.3 is 11.8 Å². The number of halogens is 2. The fourth-order valence-electron chi connectivity index (χ4n) is 3.36. The zero-order valence-electron chi connectivity index (χ0n) is 19.6. The summed E-state index contributed by atoms with van der Waals surface area (Å²) in [6.45, 7) is 7.66. The lowest BCUT2D eigenvalue weighted by Gasteiger charge is -2.30. The number of alkyl carbamates (subject to hydrolysis) is 1. The van der Waals surface area contributed by atoms with E-state index < -0.39 is 17.4 Å². The number of hydrogen-bond acceptors (Lipinski definition) is 7. The van der Waals surface area contributed by atoms with E-state index in [4.69, 9.17) is 14.2 Å². The van der Waals surface area contributed by atoms with E-state index in [9.17, 15) is 14.0 Å². The van der Waals surface area contributed by atoms with Gasteiger partial charge in [0.1, 0.15) is 17.7 Å². The first-order valence-electron chi connectivity index (χ1n) is 10.7. The summed E-state index contributed by atoms with van der Waals surface area (Å²) >= 11 is 3.59. The van der Waals surface area contributed by atoms with Gasteiger partial charge in [0.15, 0.2) is 0 Å². The molecule has 1 aromatic heterocycles. The molecular formula is C22H29BrFN5O5. The highest BCUT2D eigenvalue weighted by atomic mass is 79.9. The van der Waals surface area contributed by atoms with Gasteiger partial charge in [-0.25, -0.2) is 23.2 Å². The minimum atomic E-state index is -0.681. The molecular weight excluding hydrogens is 513 g/mol. The SMILES string of the molecule is COc1cc(N2CCOCC2)c(Br)cc1-n1cnn(CC(=CF)CNC(=O)OC(C)(C)C)c1=O. The molecule has 1 aliphatic heterocycles. The Morgan fingerprint density at radius 2 is 2.00 bits per heavy atom. The van der Waals surface area contributed by atoms with Gasteiger partial charge in [-0.3, -0.25) is 0 Å². The lowest BCUT2D eigenvalue weighted by atomic mass is 10.2. The number of carbonyl (C=O) groups is 1. The number of nitrogens with one attached hydrogen (secondary N) is 1. The van der Waals surface area contributed by atoms with E-state index in [1.54, 1.807) is 26.8 Å². The van der Waals surface area contributed by atoms with E-state index in [-0.39, 0.29) is 18.7 Å². The molecule has 1 N–H and O–H groups in total. The minimum Gasteiger partial charge on any atom is -0.494 e. The number of morpholine rings is 1. The zero-order chi connectivity index (χ0) is 24.9. The number of aromatic nitrogens is 3. The number of nitrogens with zero attached hydrogens (tertiary/aromatic N) is 4. The van der Waals surface area contributed by atoms with Crippen LogP contribution in [0.15, 0.2) is 39.6 Å². The molecule has 1 amide bonds. The van der Waals surface area contributed by atoms with Gasteiger partial charge in [-0.2, -0.15) is 5.10 Å². The molecule has 10 nitrogen and oxygen atoms in total. The largest absolute Gasteiger partial charge is 0.494 e. The molecule has 0 radical (unpaired) electrons. The third-order valence-electron chi connectivity index (χ3n) is 4.96. The molecule has 1 fully saturated rings. The molecule has 1 aliphatic rings. The normalized spacial score (nSPS) is 14.8. The Labute approximate surface area is 205 Å². The maximum absolute atomic E-state index is 13.4. The molecule has 12 heteroatoms. The van der Waals surface area contributed by atoms with Crippen molar-refractivity contribution in [1.29, 1.82) is 0 Å². The fourth-order valence-corrected chi connectivity index (χ4v) is 3.94. The molecule has 0 spiro atoms. The van der Waals surface area contributed by atoms with Gasteiger partial charge in [0, 0.05) is 30.2 Å². The lowest BCUT2D eigenvalue weighted by Crippen LogP contribution is -2.36. The summed E-state index contributed by atoms with van der Waals surface area (Å²) in [4.78, 5) is 27.0. The number of amides is 1. The van der Waals surface area contributed by atoms with Crippen LogP contribution in [0.2, 0.25) is 0 Å². The number of rotatable bonds is 7. The molecule has 1 saturated heterocycles. The van der Waals surface area contributed by atoms with Crippen molar-refractivity contribution in [3.8, 4) is 11.4 Å². The maximum atomic E-state index is 13.4. The van der Waals surface area contributed by atoms with Crippen LogP contribution in [-0.4, -0.2) is 66.0 Å². The van der Waals surface area contributed by atoms with Crippen LogP contribution in [-0.2, 0) is 16.0 Å². The van der Waals surface area contributed by atoms with Gasteiger partial charge in [-0.1, -0.05) is 0 Å². The summed E-state index contributed by atoms with van der Waals surface area (Å²) in [7, 11) is 1.53. The second-order valence-electron chi connectivity index (χ2n) is 8.64. The molecule has 0 saturated carbocycles. The number of methoxy groups -OCH3 is 1. The van der Waals surface area contributed by atoms with Crippen LogP contribution in [0.5, 0.6) is 5.75 Å². The Balaban J connectivity index is 1.78. The molecule has 0 aliphatic carbocycles. The molecule has 2 aromatic rings. The topological polar surface area (TPSA) is 99.9 Å². The van der Waals surface area contributed by atoms with Crippen molar-refractivity contribution in [3.05, 3.63) is 45.3 Å². The standard InChI is InChI=1S/C22H29BrFN5O5/c1-22(2,3)34-20(30)25-12-15(11-24)13-29-21(31)28(14-26-29)18-9-16(23)17(10-19(18)32-4)27-5-7-33-8-6-27/h9-11,14H,5-8,12-13H2,1-4H3,(H,25,30). The van der Waals surface area contributed by atoms with Gasteiger partial charge in [0.2, 0.25) is 0 Å². The van der Waals surface area contributed by atoms with Crippen molar-refractivity contribution < 1.29 is 23.4 Å². The average Bonchev–Trinajstić information content (AvgIpc) is 3.15. The Bertz CT molecular complexity index is 1100. The average molecular weight is 542 g/mol. The summed E-state index contributed by atoms with van der Waals surface area (Å²) < 4.78 is 32.8. The maximum Gasteiger partial charge on any atom is 0.407 e. The van der Waals surface area contributed by atoms with Crippen molar-refractivity contribution in [1.82, 2.24) is 19.7 Å². The van der Waals surface area contributed by atoms with Crippen molar-refractivity contribution in [3.63, 3.8) is 0 Å². The highest BCUT2D eigenvalue weighted by Crippen LogP contribution is 2.35. The Morgan fingerprint density at radius 1 is 1.29 bits per heavy atom. The van der Waals surface area contributed by atoms with E-state index in [2.05, 4.69) is 31.2 Å². The Morgan fingerprint density at radius 3 is 2.62 bits per heavy atom. The van der Waals surface area contributed by atoms with E-state index in [0.29, 0.717) is 31.0 Å². The monoisotopic (exact) mass is 541 g/mol. The smallest absolute Gasteiger partial charge is 0.407 e. The molecule has 1 aromatic carbocycles. The summed E-state index contributed by atoms with van der Waals surface area (Å²) in [6.07, 6.45) is 1.01. The molecule has 3 rings (SSSR count). The van der Waals surface area contributed by atoms with Gasteiger partial charge in [0.25, 0.3) is 0 Å². The van der Waals surface area contributed by atoms with Crippen LogP contribution in [0.25, 0.3) is 5.69 Å². The summed E-state index contributed by atoms with van der Waals surface area (Å²) in [5.41, 5.74) is 0.403. The molecule has 0 bridgehead atoms. The summed E-state index contributed by atoms with van der Waals surface area (Å²) in [5, 5.41) is 6.57. The fraction of sp³-hybridized carbons (Fsp3) is 0.500. The van der Waals surface area contributed by atoms with Gasteiger partial charge in [-0.15, -0.1) is 0 Å². The highest BCUT2D eigenvalue weighted by Gasteiger charge is 2.20. The van der Waals surface area contributed by atoms with Crippen LogP contribution in [0, 0.1) is 0 Å². The molecule has 0 unspecified atom stereocenters. The second-order valence-corrected chi connectivity index (χ2v) is 9.49. The van der Waals surface area contributed by atoms with Crippen LogP contribution in [0.4, 0.5) is 14.9 Å². The van der Waals surface area contributed by atoms with Crippen molar-refractivity contribution in [2.24, 2.45) is 0 Å². The second kappa shape index (κ2) is 11.0. The molecule has 0 atom stereocenters. The first-order chi connectivity index (χ1) is 16.1. The van der Waals surface area contributed by atoms with E-state index >= 15 is 0 Å². The van der Waals surface area contributed by atoms with Crippen LogP contribution < -0.4 is 20.6 Å². The van der Waals surface area contributed by atoms with Gasteiger partial charge < -0.3 is 24.4 Å². The first-order valence-corrected chi connectivity index (χ1v) is 11.5. The van der Waals surface area contributed by atoms with E-state index in [0.717, 1.165) is 27.9 Å². The first kappa shape index (κ1) is 25.8. The van der Waals surface area contributed by atoms with Crippen molar-refractivity contribution in [2.45, 2.75) is 32.9 Å². The zero-order valence-corrected chi connectivity index (χ0v) is 21.2. The van der Waals surface area contributed by atoms with E-state index in [1.165, 1.54) is 18.0 Å². The third kappa shape index (κ3) is 6.38.